The van der Waals surface area contributed by atoms with Crippen LogP contribution in [0.25, 0.3) is 0 Å². The highest BCUT2D eigenvalue weighted by atomic mass is 35.5. The van der Waals surface area contributed by atoms with Crippen molar-refractivity contribution in [3.63, 3.8) is 0 Å². The molecule has 0 saturated heterocycles. The number of hydrogen-bond donors (Lipinski definition) is 0. The van der Waals surface area contributed by atoms with Crippen molar-refractivity contribution in [1.82, 2.24) is 14.1 Å². The SMILES string of the molecule is CCN(CC)S(=O)(=O)c1ccc(F)c(C(=O)OCc2c(C)nn(C)c2Cl)c1. The van der Waals surface area contributed by atoms with Crippen LogP contribution >= 0.6 is 11.6 Å². The molecule has 0 unspecified atom stereocenters. The monoisotopic (exact) mass is 417 g/mol. The van der Waals surface area contributed by atoms with Crippen LogP contribution in [0.4, 0.5) is 4.39 Å². The van der Waals surface area contributed by atoms with Gasteiger partial charge in [-0.3, -0.25) is 4.68 Å². The molecule has 0 atom stereocenters. The number of carbonyl (C=O) groups is 1. The lowest BCUT2D eigenvalue weighted by molar-refractivity contribution is 0.0466. The summed E-state index contributed by atoms with van der Waals surface area (Å²) in [4.78, 5) is 12.1. The van der Waals surface area contributed by atoms with Gasteiger partial charge in [-0.05, 0) is 25.1 Å². The molecule has 1 aromatic heterocycles. The molecule has 10 heteroatoms. The summed E-state index contributed by atoms with van der Waals surface area (Å²) in [5.41, 5.74) is 0.620. The van der Waals surface area contributed by atoms with E-state index in [1.165, 1.54) is 8.99 Å². The molecule has 27 heavy (non-hydrogen) atoms. The molecule has 0 bridgehead atoms. The molecule has 0 spiro atoms. The van der Waals surface area contributed by atoms with E-state index in [0.717, 1.165) is 18.2 Å². The number of nitrogens with zero attached hydrogens (tertiary/aromatic N) is 3. The van der Waals surface area contributed by atoms with Crippen LogP contribution in [0.2, 0.25) is 5.15 Å². The number of esters is 1. The van der Waals surface area contributed by atoms with Crippen LogP contribution in [0.5, 0.6) is 0 Å². The summed E-state index contributed by atoms with van der Waals surface area (Å²) in [6.07, 6.45) is 0. The first-order valence-electron chi connectivity index (χ1n) is 8.28. The van der Waals surface area contributed by atoms with E-state index >= 15 is 0 Å². The van der Waals surface area contributed by atoms with E-state index < -0.39 is 27.4 Å². The second kappa shape index (κ2) is 8.37. The highest BCUT2D eigenvalue weighted by Crippen LogP contribution is 2.22. The van der Waals surface area contributed by atoms with E-state index in [2.05, 4.69) is 5.10 Å². The fraction of sp³-hybridized carbons (Fsp3) is 0.412. The summed E-state index contributed by atoms with van der Waals surface area (Å²) in [5, 5.41) is 4.40. The van der Waals surface area contributed by atoms with Gasteiger partial charge < -0.3 is 4.74 Å². The Morgan fingerprint density at radius 1 is 1.33 bits per heavy atom. The third-order valence-electron chi connectivity index (χ3n) is 4.12. The highest BCUT2D eigenvalue weighted by Gasteiger charge is 2.25. The van der Waals surface area contributed by atoms with E-state index in [0.29, 0.717) is 16.4 Å². The Labute approximate surface area is 162 Å². The Bertz CT molecular complexity index is 955. The first kappa shape index (κ1) is 21.3. The maximum atomic E-state index is 14.1. The maximum Gasteiger partial charge on any atom is 0.341 e. The molecule has 0 aliphatic rings. The number of hydrogen-bond acceptors (Lipinski definition) is 5. The fourth-order valence-corrected chi connectivity index (χ4v) is 4.30. The van der Waals surface area contributed by atoms with Gasteiger partial charge in [-0.25, -0.2) is 17.6 Å². The highest BCUT2D eigenvalue weighted by molar-refractivity contribution is 7.89. The zero-order valence-corrected chi connectivity index (χ0v) is 17.1. The van der Waals surface area contributed by atoms with Crippen LogP contribution in [-0.4, -0.2) is 41.6 Å². The molecule has 0 aliphatic heterocycles. The van der Waals surface area contributed by atoms with E-state index in [1.54, 1.807) is 27.8 Å². The zero-order chi connectivity index (χ0) is 20.4. The topological polar surface area (TPSA) is 81.5 Å². The molecule has 148 valence electrons. The first-order chi connectivity index (χ1) is 12.6. The van der Waals surface area contributed by atoms with E-state index in [9.17, 15) is 17.6 Å². The van der Waals surface area contributed by atoms with Crippen molar-refractivity contribution in [2.45, 2.75) is 32.3 Å². The van der Waals surface area contributed by atoms with Crippen molar-refractivity contribution in [3.8, 4) is 0 Å². The Kier molecular flexibility index (Phi) is 6.61. The van der Waals surface area contributed by atoms with Gasteiger partial charge in [0.05, 0.1) is 16.2 Å². The Morgan fingerprint density at radius 3 is 2.48 bits per heavy atom. The molecule has 0 saturated carbocycles. The number of carbonyl (C=O) groups excluding carboxylic acids is 1. The molecule has 2 aromatic rings. The summed E-state index contributed by atoms with van der Waals surface area (Å²) < 4.78 is 47.0. The predicted molar refractivity (Wildman–Crippen MR) is 98.6 cm³/mol. The maximum absolute atomic E-state index is 14.1. The van der Waals surface area contributed by atoms with Gasteiger partial charge in [-0.15, -0.1) is 0 Å². The molecule has 0 aliphatic carbocycles. The van der Waals surface area contributed by atoms with Crippen molar-refractivity contribution in [2.24, 2.45) is 7.05 Å². The van der Waals surface area contributed by atoms with Gasteiger partial charge in [0, 0.05) is 25.7 Å². The number of ether oxygens (including phenoxy) is 1. The molecule has 0 amide bonds. The quantitative estimate of drug-likeness (QED) is 0.647. The minimum absolute atomic E-state index is 0.171. The van der Waals surface area contributed by atoms with Gasteiger partial charge in [0.25, 0.3) is 0 Å². The number of aromatic nitrogens is 2. The minimum Gasteiger partial charge on any atom is -0.457 e. The van der Waals surface area contributed by atoms with Crippen LogP contribution in [0.15, 0.2) is 23.1 Å². The van der Waals surface area contributed by atoms with Gasteiger partial charge in [0.2, 0.25) is 10.0 Å². The van der Waals surface area contributed by atoms with Crippen molar-refractivity contribution in [1.29, 1.82) is 0 Å². The number of benzene rings is 1. The zero-order valence-electron chi connectivity index (χ0n) is 15.5. The number of rotatable bonds is 7. The van der Waals surface area contributed by atoms with E-state index in [1.807, 2.05) is 0 Å². The van der Waals surface area contributed by atoms with Gasteiger partial charge in [0.1, 0.15) is 17.6 Å². The van der Waals surface area contributed by atoms with Crippen LogP contribution < -0.4 is 0 Å². The third kappa shape index (κ3) is 4.31. The summed E-state index contributed by atoms with van der Waals surface area (Å²) in [5.74, 6) is -1.85. The summed E-state index contributed by atoms with van der Waals surface area (Å²) >= 11 is 6.08. The van der Waals surface area contributed by atoms with E-state index in [-0.39, 0.29) is 24.6 Å². The van der Waals surface area contributed by atoms with Gasteiger partial charge in [-0.1, -0.05) is 25.4 Å². The van der Waals surface area contributed by atoms with Crippen molar-refractivity contribution < 1.29 is 22.3 Å². The Morgan fingerprint density at radius 2 is 1.96 bits per heavy atom. The van der Waals surface area contributed by atoms with Crippen LogP contribution in [-0.2, 0) is 28.4 Å². The molecule has 1 aromatic carbocycles. The lowest BCUT2D eigenvalue weighted by Crippen LogP contribution is -2.30. The van der Waals surface area contributed by atoms with Gasteiger partial charge >= 0.3 is 5.97 Å². The molecule has 0 radical (unpaired) electrons. The van der Waals surface area contributed by atoms with Crippen LogP contribution in [0, 0.1) is 12.7 Å². The van der Waals surface area contributed by atoms with Crippen molar-refractivity contribution >= 4 is 27.6 Å². The number of sulfonamides is 1. The standard InChI is InChI=1S/C17H21ClFN3O4S/c1-5-22(6-2)27(24,25)12-7-8-15(19)13(9-12)17(23)26-10-14-11(3)20-21(4)16(14)18/h7-9H,5-6,10H2,1-4H3. The molecule has 7 nitrogen and oxygen atoms in total. The Balaban J connectivity index is 2.29. The largest absolute Gasteiger partial charge is 0.457 e. The lowest BCUT2D eigenvalue weighted by atomic mass is 10.2. The van der Waals surface area contributed by atoms with Gasteiger partial charge in [-0.2, -0.15) is 9.40 Å². The second-order valence-corrected chi connectivity index (χ2v) is 8.08. The third-order valence-corrected chi connectivity index (χ3v) is 6.64. The van der Waals surface area contributed by atoms with Crippen molar-refractivity contribution in [3.05, 3.63) is 46.0 Å². The number of halogens is 2. The predicted octanol–water partition coefficient (Wildman–Crippen LogP) is 2.91. The van der Waals surface area contributed by atoms with Crippen LogP contribution in [0.1, 0.15) is 35.5 Å². The lowest BCUT2D eigenvalue weighted by Gasteiger charge is -2.18. The average Bonchev–Trinajstić information content (AvgIpc) is 2.86. The van der Waals surface area contributed by atoms with Crippen LogP contribution in [0.3, 0.4) is 0 Å². The second-order valence-electron chi connectivity index (χ2n) is 5.79. The summed E-state index contributed by atoms with van der Waals surface area (Å²) in [6, 6.07) is 3.06. The summed E-state index contributed by atoms with van der Waals surface area (Å²) in [7, 11) is -2.19. The summed E-state index contributed by atoms with van der Waals surface area (Å²) in [6.45, 7) is 5.40. The van der Waals surface area contributed by atoms with E-state index in [4.69, 9.17) is 16.3 Å². The normalized spacial score (nSPS) is 11.8. The van der Waals surface area contributed by atoms with Crippen molar-refractivity contribution in [2.75, 3.05) is 13.1 Å². The fourth-order valence-electron chi connectivity index (χ4n) is 2.59. The minimum atomic E-state index is -3.83. The Hall–Kier alpha value is -1.97. The first-order valence-corrected chi connectivity index (χ1v) is 10.1. The molecular formula is C17H21ClFN3O4S. The molecule has 0 N–H and O–H groups in total. The van der Waals surface area contributed by atoms with Gasteiger partial charge in [0.15, 0.2) is 0 Å². The number of aryl methyl sites for hydroxylation is 2. The molecule has 0 fully saturated rings. The smallest absolute Gasteiger partial charge is 0.341 e. The molecule has 2 rings (SSSR count). The molecular weight excluding hydrogens is 397 g/mol. The molecule has 1 heterocycles. The average molecular weight is 418 g/mol.